The van der Waals surface area contributed by atoms with Crippen LogP contribution in [0.3, 0.4) is 0 Å². The molecule has 0 radical (unpaired) electrons. The highest BCUT2D eigenvalue weighted by molar-refractivity contribution is 5.83. The number of carbonyl (C=O) groups is 2. The number of fused-ring (bicyclic) bond motifs is 1. The number of nitrogens with zero attached hydrogens (tertiary/aromatic N) is 4. The second-order valence-electron chi connectivity index (χ2n) is 8.60. The molecule has 1 N–H and O–H groups in total. The Morgan fingerprint density at radius 3 is 2.38 bits per heavy atom. The summed E-state index contributed by atoms with van der Waals surface area (Å²) >= 11 is 0. The maximum Gasteiger partial charge on any atom is 0.490 e. The summed E-state index contributed by atoms with van der Waals surface area (Å²) in [5.41, 5.74) is 3.40. The van der Waals surface area contributed by atoms with Crippen molar-refractivity contribution in [2.45, 2.75) is 64.8 Å². The third kappa shape index (κ3) is 7.06. The van der Waals surface area contributed by atoms with Crippen LogP contribution in [-0.4, -0.2) is 62.6 Å². The van der Waals surface area contributed by atoms with Crippen LogP contribution in [0, 0.1) is 0 Å². The summed E-state index contributed by atoms with van der Waals surface area (Å²) in [5.74, 6) is -2.57. The summed E-state index contributed by atoms with van der Waals surface area (Å²) in [5, 5.41) is 7.12. The molecule has 1 unspecified atom stereocenters. The van der Waals surface area contributed by atoms with Crippen molar-refractivity contribution in [2.75, 3.05) is 20.1 Å². The first-order valence-electron chi connectivity index (χ1n) is 11.4. The monoisotopic (exact) mass is 482 g/mol. The van der Waals surface area contributed by atoms with Gasteiger partial charge in [0.05, 0.1) is 17.7 Å². The quantitative estimate of drug-likeness (QED) is 0.631. The lowest BCUT2D eigenvalue weighted by Gasteiger charge is -2.37. The molecule has 1 aliphatic heterocycles. The van der Waals surface area contributed by atoms with Crippen molar-refractivity contribution in [1.29, 1.82) is 0 Å². The van der Waals surface area contributed by atoms with Crippen LogP contribution >= 0.6 is 0 Å². The van der Waals surface area contributed by atoms with Crippen LogP contribution in [0.15, 0.2) is 36.7 Å². The van der Waals surface area contributed by atoms with E-state index in [-0.39, 0.29) is 18.0 Å². The fraction of sp³-hybridized carbons (Fsp3) is 0.542. The predicted molar refractivity (Wildman–Crippen MR) is 122 cm³/mol. The van der Waals surface area contributed by atoms with Gasteiger partial charge in [0.15, 0.2) is 0 Å². The molecule has 1 atom stereocenters. The molecule has 188 valence electrons. The fourth-order valence-corrected chi connectivity index (χ4v) is 3.84. The van der Waals surface area contributed by atoms with E-state index >= 15 is 0 Å². The second kappa shape index (κ2) is 12.0. The number of hydrogen-bond donors (Lipinski definition) is 1. The number of imidazole rings is 1. The molecule has 2 heterocycles. The predicted octanol–water partition coefficient (Wildman–Crippen LogP) is 4.46. The van der Waals surface area contributed by atoms with Gasteiger partial charge in [-0.25, -0.2) is 9.78 Å². The van der Waals surface area contributed by atoms with Gasteiger partial charge in [-0.2, -0.15) is 13.2 Å². The molecular weight excluding hydrogens is 449 g/mol. The number of rotatable bonds is 7. The number of benzene rings is 1. The molecule has 0 bridgehead atoms. The maximum absolute atomic E-state index is 13.5. The highest BCUT2D eigenvalue weighted by Crippen LogP contribution is 2.33. The third-order valence-electron chi connectivity index (χ3n) is 5.66. The molecule has 3 rings (SSSR count). The number of halogens is 3. The number of hydrogen-bond acceptors (Lipinski definition) is 4. The smallest absolute Gasteiger partial charge is 0.475 e. The van der Waals surface area contributed by atoms with Crippen LogP contribution in [0.25, 0.3) is 0 Å². The van der Waals surface area contributed by atoms with Gasteiger partial charge >= 0.3 is 12.1 Å². The third-order valence-corrected chi connectivity index (χ3v) is 5.66. The number of alkyl halides is 3. The van der Waals surface area contributed by atoms with E-state index in [9.17, 15) is 18.0 Å². The van der Waals surface area contributed by atoms with Crippen molar-refractivity contribution in [1.82, 2.24) is 19.4 Å². The molecule has 1 amide bonds. The van der Waals surface area contributed by atoms with Crippen molar-refractivity contribution in [3.8, 4) is 0 Å². The maximum atomic E-state index is 13.5. The molecule has 1 aromatic heterocycles. The molecular formula is C24H33F3N4O3. The van der Waals surface area contributed by atoms with Crippen molar-refractivity contribution in [3.05, 3.63) is 53.6 Å². The molecule has 1 aliphatic rings. The standard InChI is InChI=1S/C22H32N4O.C2HF3O2/c1-5-6-13-24(4)22(27)21-20-19(23-16-26(20)17(2)3)12-14-25(21)15-18-10-8-7-9-11-18;3-2(4,5)1(6)7/h7-11,16-17,21H,5-6,12-15H2,1-4H3;(H,6,7). The van der Waals surface area contributed by atoms with Crippen molar-refractivity contribution in [2.24, 2.45) is 0 Å². The van der Waals surface area contributed by atoms with Crippen LogP contribution in [0.4, 0.5) is 13.2 Å². The Labute approximate surface area is 198 Å². The number of aliphatic carboxylic acids is 1. The van der Waals surface area contributed by atoms with Gasteiger partial charge in [0, 0.05) is 39.1 Å². The lowest BCUT2D eigenvalue weighted by Crippen LogP contribution is -2.46. The summed E-state index contributed by atoms with van der Waals surface area (Å²) in [4.78, 5) is 31.2. The van der Waals surface area contributed by atoms with E-state index in [0.29, 0.717) is 0 Å². The summed E-state index contributed by atoms with van der Waals surface area (Å²) in [6.45, 7) is 8.90. The summed E-state index contributed by atoms with van der Waals surface area (Å²) < 4.78 is 33.9. The van der Waals surface area contributed by atoms with Crippen LogP contribution in [0.2, 0.25) is 0 Å². The van der Waals surface area contributed by atoms with Crippen molar-refractivity contribution >= 4 is 11.9 Å². The van der Waals surface area contributed by atoms with E-state index in [0.717, 1.165) is 50.3 Å². The molecule has 0 saturated carbocycles. The zero-order valence-electron chi connectivity index (χ0n) is 20.0. The van der Waals surface area contributed by atoms with Crippen LogP contribution in [0.5, 0.6) is 0 Å². The first-order chi connectivity index (χ1) is 16.0. The highest BCUT2D eigenvalue weighted by Gasteiger charge is 2.39. The molecule has 0 spiro atoms. The largest absolute Gasteiger partial charge is 0.490 e. The van der Waals surface area contributed by atoms with Gasteiger partial charge in [-0.1, -0.05) is 43.7 Å². The molecule has 2 aromatic rings. The Morgan fingerprint density at radius 2 is 1.85 bits per heavy atom. The van der Waals surface area contributed by atoms with Crippen LogP contribution in [-0.2, 0) is 22.6 Å². The lowest BCUT2D eigenvalue weighted by atomic mass is 9.99. The molecule has 10 heteroatoms. The second-order valence-corrected chi connectivity index (χ2v) is 8.60. The fourth-order valence-electron chi connectivity index (χ4n) is 3.84. The van der Waals surface area contributed by atoms with E-state index in [1.54, 1.807) is 0 Å². The minimum absolute atomic E-state index is 0.183. The minimum atomic E-state index is -5.08. The Bertz CT molecular complexity index is 945. The summed E-state index contributed by atoms with van der Waals surface area (Å²) in [6, 6.07) is 10.5. The number of carboxylic acid groups (broad SMARTS) is 1. The number of amides is 1. The van der Waals surface area contributed by atoms with Crippen LogP contribution in [0.1, 0.15) is 62.6 Å². The number of aromatic nitrogens is 2. The van der Waals surface area contributed by atoms with Crippen LogP contribution < -0.4 is 0 Å². The highest BCUT2D eigenvalue weighted by atomic mass is 19.4. The zero-order chi connectivity index (χ0) is 25.5. The average Bonchev–Trinajstić information content (AvgIpc) is 3.22. The summed E-state index contributed by atoms with van der Waals surface area (Å²) in [7, 11) is 1.93. The Morgan fingerprint density at radius 1 is 1.24 bits per heavy atom. The van der Waals surface area contributed by atoms with Gasteiger partial charge < -0.3 is 14.6 Å². The molecule has 1 aromatic carbocycles. The van der Waals surface area contributed by atoms with E-state index in [2.05, 4.69) is 59.5 Å². The Balaban J connectivity index is 0.000000509. The topological polar surface area (TPSA) is 78.7 Å². The van der Waals surface area contributed by atoms with E-state index in [4.69, 9.17) is 9.90 Å². The molecule has 34 heavy (non-hydrogen) atoms. The Kier molecular flexibility index (Phi) is 9.66. The van der Waals surface area contributed by atoms with E-state index in [1.165, 1.54) is 5.56 Å². The number of likely N-dealkylation sites (N-methyl/N-ethyl adjacent to an activating group) is 1. The van der Waals surface area contributed by atoms with Gasteiger partial charge in [0.1, 0.15) is 6.04 Å². The van der Waals surface area contributed by atoms with Gasteiger partial charge in [-0.05, 0) is 25.8 Å². The molecule has 7 nitrogen and oxygen atoms in total. The van der Waals surface area contributed by atoms with Gasteiger partial charge in [-0.15, -0.1) is 0 Å². The lowest BCUT2D eigenvalue weighted by molar-refractivity contribution is -0.192. The van der Waals surface area contributed by atoms with Crippen molar-refractivity contribution < 1.29 is 27.9 Å². The van der Waals surface area contributed by atoms with E-state index in [1.807, 2.05) is 24.3 Å². The normalized spacial score (nSPS) is 15.9. The average molecular weight is 483 g/mol. The number of carboxylic acids is 1. The SMILES string of the molecule is CCCCN(C)C(=O)C1c2c(ncn2C(C)C)CCN1Cc1ccccc1.O=C(O)C(F)(F)F. The summed E-state index contributed by atoms with van der Waals surface area (Å²) in [6.07, 6.45) is -0.160. The first kappa shape index (κ1) is 27.4. The van der Waals surface area contributed by atoms with Crippen molar-refractivity contribution in [3.63, 3.8) is 0 Å². The molecule has 0 fully saturated rings. The number of carbonyl (C=O) groups excluding carboxylic acids is 1. The first-order valence-corrected chi connectivity index (χ1v) is 11.4. The number of unbranched alkanes of at least 4 members (excludes halogenated alkanes) is 1. The Hall–Kier alpha value is -2.88. The van der Waals surface area contributed by atoms with Gasteiger partial charge in [-0.3, -0.25) is 9.69 Å². The zero-order valence-corrected chi connectivity index (χ0v) is 20.0. The molecule has 0 aliphatic carbocycles. The molecule has 0 saturated heterocycles. The van der Waals surface area contributed by atoms with Gasteiger partial charge in [0.25, 0.3) is 0 Å². The minimum Gasteiger partial charge on any atom is -0.475 e. The van der Waals surface area contributed by atoms with Gasteiger partial charge in [0.2, 0.25) is 5.91 Å². The van der Waals surface area contributed by atoms with E-state index < -0.39 is 12.1 Å².